The summed E-state index contributed by atoms with van der Waals surface area (Å²) in [5.74, 6) is -0.0795. The third-order valence-electron chi connectivity index (χ3n) is 2.62. The molecule has 0 fully saturated rings. The highest BCUT2D eigenvalue weighted by molar-refractivity contribution is 5.48. The van der Waals surface area contributed by atoms with E-state index in [0.717, 1.165) is 6.07 Å². The Bertz CT molecular complexity index is 592. The second-order valence-corrected chi connectivity index (χ2v) is 4.07. The summed E-state index contributed by atoms with van der Waals surface area (Å²) >= 11 is 0. The van der Waals surface area contributed by atoms with Crippen LogP contribution in [0, 0.1) is 5.82 Å². The molecule has 108 valence electrons. The molecule has 20 heavy (non-hydrogen) atoms. The maximum absolute atomic E-state index is 13.4. The molecule has 1 aromatic heterocycles. The summed E-state index contributed by atoms with van der Waals surface area (Å²) < 4.78 is 56.1. The molecule has 0 spiro atoms. The van der Waals surface area contributed by atoms with Gasteiger partial charge in [-0.1, -0.05) is 0 Å². The van der Waals surface area contributed by atoms with Gasteiger partial charge in [0.15, 0.2) is 0 Å². The van der Waals surface area contributed by atoms with Crippen LogP contribution >= 0.6 is 0 Å². The van der Waals surface area contributed by atoms with E-state index in [9.17, 15) is 17.6 Å². The topological polar surface area (TPSA) is 45.4 Å². The molecule has 0 atom stereocenters. The average molecular weight is 289 g/mol. The highest BCUT2D eigenvalue weighted by Gasteiger charge is 2.31. The van der Waals surface area contributed by atoms with Gasteiger partial charge in [-0.25, -0.2) is 4.39 Å². The largest absolute Gasteiger partial charge is 0.462 e. The number of halogens is 4. The van der Waals surface area contributed by atoms with E-state index in [2.05, 4.69) is 5.32 Å². The Balaban J connectivity index is 2.12. The van der Waals surface area contributed by atoms with E-state index in [1.165, 1.54) is 6.07 Å². The Morgan fingerprint density at radius 2 is 1.80 bits per heavy atom. The monoisotopic (exact) mass is 289 g/mol. The summed E-state index contributed by atoms with van der Waals surface area (Å²) in [6.45, 7) is -0.268. The van der Waals surface area contributed by atoms with Gasteiger partial charge in [0.2, 0.25) is 0 Å². The normalized spacial score (nSPS) is 11.7. The fraction of sp³-hybridized carbons (Fsp3) is 0.231. The Hall–Kier alpha value is -2.02. The Kier molecular flexibility index (Phi) is 3.99. The van der Waals surface area contributed by atoms with Gasteiger partial charge in [-0.05, 0) is 30.3 Å². The SMILES string of the molecule is OCc1ccc(CNc2cc(C(F)(F)F)ccc2F)o1. The van der Waals surface area contributed by atoms with Crippen molar-refractivity contribution in [2.24, 2.45) is 0 Å². The van der Waals surface area contributed by atoms with Crippen LogP contribution in [-0.2, 0) is 19.3 Å². The van der Waals surface area contributed by atoms with Gasteiger partial charge in [0.1, 0.15) is 23.9 Å². The van der Waals surface area contributed by atoms with Crippen molar-refractivity contribution in [2.75, 3.05) is 5.32 Å². The van der Waals surface area contributed by atoms with Crippen molar-refractivity contribution in [1.29, 1.82) is 0 Å². The van der Waals surface area contributed by atoms with Gasteiger partial charge in [-0.2, -0.15) is 13.2 Å². The number of hydrogen-bond donors (Lipinski definition) is 2. The molecule has 2 N–H and O–H groups in total. The molecule has 3 nitrogen and oxygen atoms in total. The molecule has 0 unspecified atom stereocenters. The number of alkyl halides is 3. The third-order valence-corrected chi connectivity index (χ3v) is 2.62. The summed E-state index contributed by atoms with van der Waals surface area (Å²) in [4.78, 5) is 0. The van der Waals surface area contributed by atoms with Gasteiger partial charge < -0.3 is 14.8 Å². The van der Waals surface area contributed by atoms with E-state index in [1.807, 2.05) is 0 Å². The summed E-state index contributed by atoms with van der Waals surface area (Å²) in [6, 6.07) is 5.21. The molecule has 2 aromatic rings. The maximum atomic E-state index is 13.4. The van der Waals surface area contributed by atoms with Crippen LogP contribution in [-0.4, -0.2) is 5.11 Å². The van der Waals surface area contributed by atoms with Crippen LogP contribution in [0.5, 0.6) is 0 Å². The lowest BCUT2D eigenvalue weighted by molar-refractivity contribution is -0.137. The van der Waals surface area contributed by atoms with Crippen LogP contribution in [0.1, 0.15) is 17.1 Å². The molecule has 0 saturated heterocycles. The zero-order chi connectivity index (χ0) is 14.8. The lowest BCUT2D eigenvalue weighted by atomic mass is 10.2. The van der Waals surface area contributed by atoms with Crippen LogP contribution in [0.3, 0.4) is 0 Å². The molecule has 0 amide bonds. The van der Waals surface area contributed by atoms with E-state index in [4.69, 9.17) is 9.52 Å². The molecule has 0 aliphatic carbocycles. The van der Waals surface area contributed by atoms with Crippen molar-refractivity contribution in [3.63, 3.8) is 0 Å². The summed E-state index contributed by atoms with van der Waals surface area (Å²) in [5, 5.41) is 11.3. The molecule has 1 aromatic carbocycles. The van der Waals surface area contributed by atoms with E-state index in [0.29, 0.717) is 23.7 Å². The van der Waals surface area contributed by atoms with E-state index in [-0.39, 0.29) is 18.8 Å². The number of rotatable bonds is 4. The van der Waals surface area contributed by atoms with Gasteiger partial charge >= 0.3 is 6.18 Å². The number of furan rings is 1. The number of aliphatic hydroxyl groups is 1. The lowest BCUT2D eigenvalue weighted by Crippen LogP contribution is -2.07. The van der Waals surface area contributed by atoms with E-state index >= 15 is 0 Å². The van der Waals surface area contributed by atoms with Crippen LogP contribution in [0.4, 0.5) is 23.2 Å². The Morgan fingerprint density at radius 1 is 1.10 bits per heavy atom. The molecule has 0 saturated carbocycles. The molecular weight excluding hydrogens is 278 g/mol. The highest BCUT2D eigenvalue weighted by Crippen LogP contribution is 2.31. The van der Waals surface area contributed by atoms with Crippen molar-refractivity contribution in [3.8, 4) is 0 Å². The van der Waals surface area contributed by atoms with Gasteiger partial charge in [0.05, 0.1) is 17.8 Å². The van der Waals surface area contributed by atoms with Crippen LogP contribution in [0.15, 0.2) is 34.7 Å². The molecule has 0 aliphatic rings. The number of hydrogen-bond acceptors (Lipinski definition) is 3. The van der Waals surface area contributed by atoms with Gasteiger partial charge in [-0.15, -0.1) is 0 Å². The third kappa shape index (κ3) is 3.30. The van der Waals surface area contributed by atoms with Crippen molar-refractivity contribution in [2.45, 2.75) is 19.3 Å². The van der Waals surface area contributed by atoms with Crippen molar-refractivity contribution in [3.05, 3.63) is 53.2 Å². The summed E-state index contributed by atoms with van der Waals surface area (Å²) in [5.41, 5.74) is -1.20. The van der Waals surface area contributed by atoms with Gasteiger partial charge in [0, 0.05) is 0 Å². The molecule has 2 rings (SSSR count). The second kappa shape index (κ2) is 5.54. The first-order valence-electron chi connectivity index (χ1n) is 5.69. The van der Waals surface area contributed by atoms with Gasteiger partial charge in [0.25, 0.3) is 0 Å². The maximum Gasteiger partial charge on any atom is 0.416 e. The molecule has 7 heteroatoms. The first-order chi connectivity index (χ1) is 9.40. The molecule has 1 heterocycles. The predicted molar refractivity (Wildman–Crippen MR) is 63.4 cm³/mol. The molecule has 0 aliphatic heterocycles. The van der Waals surface area contributed by atoms with Crippen molar-refractivity contribution >= 4 is 5.69 Å². The second-order valence-electron chi connectivity index (χ2n) is 4.07. The van der Waals surface area contributed by atoms with Crippen LogP contribution < -0.4 is 5.32 Å². The zero-order valence-corrected chi connectivity index (χ0v) is 10.2. The summed E-state index contributed by atoms with van der Waals surface area (Å²) in [6.07, 6.45) is -4.53. The van der Waals surface area contributed by atoms with E-state index in [1.54, 1.807) is 6.07 Å². The minimum absolute atomic E-state index is 0.0121. The minimum Gasteiger partial charge on any atom is -0.462 e. The highest BCUT2D eigenvalue weighted by atomic mass is 19.4. The fourth-order valence-corrected chi connectivity index (χ4v) is 1.62. The summed E-state index contributed by atoms with van der Waals surface area (Å²) in [7, 11) is 0. The zero-order valence-electron chi connectivity index (χ0n) is 10.2. The van der Waals surface area contributed by atoms with Gasteiger partial charge in [-0.3, -0.25) is 0 Å². The Labute approximate surface area is 111 Å². The van der Waals surface area contributed by atoms with Crippen molar-refractivity contribution < 1.29 is 27.1 Å². The number of benzene rings is 1. The van der Waals surface area contributed by atoms with Crippen LogP contribution in [0.25, 0.3) is 0 Å². The van der Waals surface area contributed by atoms with Crippen LogP contribution in [0.2, 0.25) is 0 Å². The fourth-order valence-electron chi connectivity index (χ4n) is 1.62. The standard InChI is InChI=1S/C13H11F4NO2/c14-11-4-1-8(13(15,16)17)5-12(11)18-6-9-2-3-10(7-19)20-9/h1-5,18-19H,6-7H2. The van der Waals surface area contributed by atoms with Crippen molar-refractivity contribution in [1.82, 2.24) is 0 Å². The lowest BCUT2D eigenvalue weighted by Gasteiger charge is -2.11. The first-order valence-corrected chi connectivity index (χ1v) is 5.69. The number of nitrogens with one attached hydrogen (secondary N) is 1. The first kappa shape index (κ1) is 14.4. The molecular formula is C13H11F4NO2. The molecule has 0 radical (unpaired) electrons. The quantitative estimate of drug-likeness (QED) is 0.846. The Morgan fingerprint density at radius 3 is 2.40 bits per heavy atom. The number of aliphatic hydroxyl groups excluding tert-OH is 1. The smallest absolute Gasteiger partial charge is 0.416 e. The average Bonchev–Trinajstić information content (AvgIpc) is 2.84. The molecule has 0 bridgehead atoms. The van der Waals surface area contributed by atoms with E-state index < -0.39 is 17.6 Å². The number of anilines is 1. The predicted octanol–water partition coefficient (Wildman–Crippen LogP) is 3.54. The minimum atomic E-state index is -4.53.